The molecule has 29 heavy (non-hydrogen) atoms. The number of piperidine rings is 1. The van der Waals surface area contributed by atoms with Crippen LogP contribution < -0.4 is 4.31 Å². The van der Waals surface area contributed by atoms with E-state index in [0.717, 1.165) is 24.0 Å². The maximum Gasteiger partial charge on any atom is 0.270 e. The van der Waals surface area contributed by atoms with Crippen LogP contribution in [0, 0.1) is 33.6 Å². The molecule has 1 aromatic carbocycles. The number of aryl methyl sites for hydroxylation is 4. The van der Waals surface area contributed by atoms with Crippen molar-refractivity contribution >= 4 is 21.6 Å². The van der Waals surface area contributed by atoms with Crippen LogP contribution in [0.5, 0.6) is 0 Å². The van der Waals surface area contributed by atoms with Crippen LogP contribution in [0.4, 0.5) is 5.69 Å². The van der Waals surface area contributed by atoms with Crippen molar-refractivity contribution in [3.8, 4) is 0 Å². The van der Waals surface area contributed by atoms with E-state index in [1.165, 1.54) is 4.31 Å². The highest BCUT2D eigenvalue weighted by Crippen LogP contribution is 2.29. The van der Waals surface area contributed by atoms with Gasteiger partial charge in [-0.2, -0.15) is 0 Å². The second kappa shape index (κ2) is 8.18. The topological polar surface area (TPSA) is 83.7 Å². The van der Waals surface area contributed by atoms with Crippen LogP contribution in [0.2, 0.25) is 0 Å². The van der Waals surface area contributed by atoms with E-state index in [1.807, 2.05) is 19.9 Å². The minimum Gasteiger partial charge on any atom is -0.360 e. The molecule has 158 valence electrons. The van der Waals surface area contributed by atoms with Gasteiger partial charge in [-0.05, 0) is 69.7 Å². The van der Waals surface area contributed by atoms with Crippen molar-refractivity contribution < 1.29 is 17.7 Å². The van der Waals surface area contributed by atoms with Gasteiger partial charge in [-0.25, -0.2) is 8.42 Å². The fourth-order valence-corrected chi connectivity index (χ4v) is 5.70. The molecule has 2 aromatic rings. The minimum atomic E-state index is -4.02. The molecule has 1 aliphatic heterocycles. The standard InChI is InChI=1S/C21H29N3O4S/c1-14-7-6-8-23(12-14)20(25)13-24(19-10-15(2)9-16(3)11-19)29(26,27)21-17(4)22-28-18(21)5/h9-11,14H,6-8,12-13H2,1-5H3. The summed E-state index contributed by atoms with van der Waals surface area (Å²) in [7, 11) is -4.02. The summed E-state index contributed by atoms with van der Waals surface area (Å²) < 4.78 is 33.5. The Labute approximate surface area is 172 Å². The first-order valence-corrected chi connectivity index (χ1v) is 11.3. The number of carbonyl (C=O) groups excluding carboxylic acids is 1. The third-order valence-corrected chi connectivity index (χ3v) is 7.32. The lowest BCUT2D eigenvalue weighted by atomic mass is 10.0. The number of aromatic nitrogens is 1. The zero-order valence-corrected chi connectivity index (χ0v) is 18.5. The first kappa shape index (κ1) is 21.4. The number of anilines is 1. The van der Waals surface area contributed by atoms with Crippen LogP contribution in [-0.2, 0) is 14.8 Å². The molecule has 1 amide bonds. The van der Waals surface area contributed by atoms with Crippen molar-refractivity contribution in [2.24, 2.45) is 5.92 Å². The lowest BCUT2D eigenvalue weighted by Crippen LogP contribution is -2.46. The third kappa shape index (κ3) is 4.47. The van der Waals surface area contributed by atoms with Crippen molar-refractivity contribution in [1.82, 2.24) is 10.1 Å². The van der Waals surface area contributed by atoms with Crippen LogP contribution in [0.1, 0.15) is 42.3 Å². The summed E-state index contributed by atoms with van der Waals surface area (Å²) in [5, 5.41) is 3.80. The van der Waals surface area contributed by atoms with Gasteiger partial charge in [0.25, 0.3) is 10.0 Å². The predicted molar refractivity (Wildman–Crippen MR) is 111 cm³/mol. The Kier molecular flexibility index (Phi) is 6.03. The third-order valence-electron chi connectivity index (χ3n) is 5.30. The number of benzene rings is 1. The van der Waals surface area contributed by atoms with Crippen molar-refractivity contribution in [2.75, 3.05) is 23.9 Å². The number of likely N-dealkylation sites (tertiary alicyclic amines) is 1. The van der Waals surface area contributed by atoms with Gasteiger partial charge in [-0.15, -0.1) is 0 Å². The average molecular weight is 420 g/mol. The van der Waals surface area contributed by atoms with E-state index in [0.29, 0.717) is 24.7 Å². The van der Waals surface area contributed by atoms with Crippen molar-refractivity contribution in [3.63, 3.8) is 0 Å². The SMILES string of the molecule is Cc1cc(C)cc(N(CC(=O)N2CCCC(C)C2)S(=O)(=O)c2c(C)noc2C)c1. The van der Waals surface area contributed by atoms with Gasteiger partial charge in [0.15, 0.2) is 10.7 Å². The van der Waals surface area contributed by atoms with Gasteiger partial charge in [0, 0.05) is 13.1 Å². The molecular weight excluding hydrogens is 390 g/mol. The molecule has 1 unspecified atom stereocenters. The fraction of sp³-hybridized carbons (Fsp3) is 0.524. The van der Waals surface area contributed by atoms with Crippen molar-refractivity contribution in [3.05, 3.63) is 40.8 Å². The number of rotatable bonds is 5. The summed E-state index contributed by atoms with van der Waals surface area (Å²) in [5.41, 5.74) is 2.62. The van der Waals surface area contributed by atoms with E-state index in [4.69, 9.17) is 4.52 Å². The van der Waals surface area contributed by atoms with E-state index < -0.39 is 10.0 Å². The molecule has 1 fully saturated rings. The summed E-state index contributed by atoms with van der Waals surface area (Å²) in [4.78, 5) is 14.9. The molecule has 1 aliphatic rings. The Morgan fingerprint density at radius 1 is 1.21 bits per heavy atom. The Hall–Kier alpha value is -2.35. The molecule has 0 bridgehead atoms. The van der Waals surface area contributed by atoms with Crippen LogP contribution in [0.25, 0.3) is 0 Å². The summed E-state index contributed by atoms with van der Waals surface area (Å²) in [5.74, 6) is 0.448. The fourth-order valence-electron chi connectivity index (χ4n) is 4.00. The molecule has 0 spiro atoms. The van der Waals surface area contributed by atoms with Crippen LogP contribution >= 0.6 is 0 Å². The maximum absolute atomic E-state index is 13.6. The second-order valence-corrected chi connectivity index (χ2v) is 9.90. The largest absolute Gasteiger partial charge is 0.360 e. The first-order valence-electron chi connectivity index (χ1n) is 9.91. The lowest BCUT2D eigenvalue weighted by Gasteiger charge is -2.33. The zero-order chi connectivity index (χ0) is 21.3. The van der Waals surface area contributed by atoms with Crippen molar-refractivity contribution in [2.45, 2.75) is 52.4 Å². The molecule has 0 aliphatic carbocycles. The van der Waals surface area contributed by atoms with Gasteiger partial charge >= 0.3 is 0 Å². The monoisotopic (exact) mass is 419 g/mol. The van der Waals surface area contributed by atoms with E-state index in [2.05, 4.69) is 12.1 Å². The number of amides is 1. The number of carbonyl (C=O) groups is 1. The molecule has 7 nitrogen and oxygen atoms in total. The van der Waals surface area contributed by atoms with Crippen molar-refractivity contribution in [1.29, 1.82) is 0 Å². The molecule has 1 saturated heterocycles. The molecule has 0 N–H and O–H groups in total. The predicted octanol–water partition coefficient (Wildman–Crippen LogP) is 3.36. The Bertz CT molecular complexity index is 973. The van der Waals surface area contributed by atoms with Gasteiger partial charge < -0.3 is 9.42 Å². The van der Waals surface area contributed by atoms with Crippen LogP contribution in [0.15, 0.2) is 27.6 Å². The molecule has 0 radical (unpaired) electrons. The van der Waals surface area contributed by atoms with Gasteiger partial charge in [0.1, 0.15) is 12.2 Å². The molecule has 0 saturated carbocycles. The van der Waals surface area contributed by atoms with E-state index in [-0.39, 0.29) is 28.8 Å². The number of hydrogen-bond donors (Lipinski definition) is 0. The molecule has 1 atom stereocenters. The minimum absolute atomic E-state index is 0.0245. The van der Waals surface area contributed by atoms with Gasteiger partial charge in [-0.1, -0.05) is 18.1 Å². The summed E-state index contributed by atoms with van der Waals surface area (Å²) in [6.07, 6.45) is 2.02. The zero-order valence-electron chi connectivity index (χ0n) is 17.7. The van der Waals surface area contributed by atoms with Gasteiger partial charge in [-0.3, -0.25) is 9.10 Å². The number of hydrogen-bond acceptors (Lipinski definition) is 5. The van der Waals surface area contributed by atoms with Crippen LogP contribution in [-0.4, -0.2) is 44.0 Å². The highest BCUT2D eigenvalue weighted by molar-refractivity contribution is 7.93. The first-order chi connectivity index (χ1) is 13.6. The lowest BCUT2D eigenvalue weighted by molar-refractivity contribution is -0.131. The highest BCUT2D eigenvalue weighted by atomic mass is 32.2. The van der Waals surface area contributed by atoms with Gasteiger partial charge in [0.2, 0.25) is 5.91 Å². The quantitative estimate of drug-likeness (QED) is 0.742. The summed E-state index contributed by atoms with van der Waals surface area (Å²) in [6, 6.07) is 5.54. The Morgan fingerprint density at radius 3 is 2.41 bits per heavy atom. The second-order valence-electron chi connectivity index (χ2n) is 8.10. The molecule has 2 heterocycles. The Balaban J connectivity index is 2.03. The maximum atomic E-state index is 13.6. The molecular formula is C21H29N3O4S. The Morgan fingerprint density at radius 2 is 1.86 bits per heavy atom. The van der Waals surface area contributed by atoms with Gasteiger partial charge in [0.05, 0.1) is 5.69 Å². The smallest absolute Gasteiger partial charge is 0.270 e. The molecule has 8 heteroatoms. The highest BCUT2D eigenvalue weighted by Gasteiger charge is 2.34. The van der Waals surface area contributed by atoms with E-state index in [9.17, 15) is 13.2 Å². The molecule has 3 rings (SSSR count). The summed E-state index contributed by atoms with van der Waals surface area (Å²) >= 11 is 0. The van der Waals surface area contributed by atoms with E-state index in [1.54, 1.807) is 30.9 Å². The average Bonchev–Trinajstić information content (AvgIpc) is 2.97. The normalized spacial score (nSPS) is 17.4. The van der Waals surface area contributed by atoms with Crippen LogP contribution in [0.3, 0.4) is 0 Å². The number of sulfonamides is 1. The molecule has 1 aromatic heterocycles. The number of nitrogens with zero attached hydrogens (tertiary/aromatic N) is 3. The summed E-state index contributed by atoms with van der Waals surface area (Å²) in [6.45, 7) is 10.2. The van der Waals surface area contributed by atoms with E-state index >= 15 is 0 Å².